The lowest BCUT2D eigenvalue weighted by Crippen LogP contribution is -2.15. The number of nitrogens with one attached hydrogen (secondary N) is 1. The molecular formula is C12H15N3S. The Morgan fingerprint density at radius 2 is 2.31 bits per heavy atom. The fourth-order valence-corrected chi connectivity index (χ4v) is 2.08. The molecule has 2 aromatic heterocycles. The third-order valence-electron chi connectivity index (χ3n) is 2.19. The Bertz CT molecular complexity index is 426. The van der Waals surface area contributed by atoms with Crippen molar-refractivity contribution in [3.63, 3.8) is 0 Å². The van der Waals surface area contributed by atoms with Crippen LogP contribution in [0.25, 0.3) is 10.7 Å². The summed E-state index contributed by atoms with van der Waals surface area (Å²) in [7, 11) is 0. The molecule has 0 bridgehead atoms. The van der Waals surface area contributed by atoms with E-state index in [1.807, 2.05) is 29.8 Å². The summed E-state index contributed by atoms with van der Waals surface area (Å²) >= 11 is 1.67. The molecule has 0 aromatic carbocycles. The number of aromatic nitrogens is 2. The largest absolute Gasteiger partial charge is 0.311 e. The van der Waals surface area contributed by atoms with Gasteiger partial charge in [0.15, 0.2) is 5.82 Å². The molecule has 0 saturated carbocycles. The third kappa shape index (κ3) is 2.87. The highest BCUT2D eigenvalue weighted by Gasteiger charge is 2.02. The van der Waals surface area contributed by atoms with Gasteiger partial charge in [-0.25, -0.2) is 9.97 Å². The van der Waals surface area contributed by atoms with Gasteiger partial charge in [0.05, 0.1) is 10.6 Å². The Balaban J connectivity index is 2.08. The van der Waals surface area contributed by atoms with Crippen LogP contribution in [0.4, 0.5) is 0 Å². The van der Waals surface area contributed by atoms with Crippen LogP contribution in [0.3, 0.4) is 0 Å². The van der Waals surface area contributed by atoms with Gasteiger partial charge in [-0.1, -0.05) is 13.0 Å². The lowest BCUT2D eigenvalue weighted by atomic mass is 10.3. The first-order valence-corrected chi connectivity index (χ1v) is 6.34. The number of thiophene rings is 1. The molecule has 3 nitrogen and oxygen atoms in total. The third-order valence-corrected chi connectivity index (χ3v) is 3.05. The molecule has 16 heavy (non-hydrogen) atoms. The summed E-state index contributed by atoms with van der Waals surface area (Å²) in [5, 5.41) is 5.38. The maximum atomic E-state index is 4.52. The van der Waals surface area contributed by atoms with E-state index in [0.717, 1.165) is 35.9 Å². The fourth-order valence-electron chi connectivity index (χ4n) is 1.41. The number of hydrogen-bond acceptors (Lipinski definition) is 4. The molecule has 0 unspecified atom stereocenters. The van der Waals surface area contributed by atoms with Crippen molar-refractivity contribution in [3.8, 4) is 10.7 Å². The molecule has 0 amide bonds. The number of hydrogen-bond donors (Lipinski definition) is 1. The first kappa shape index (κ1) is 11.2. The van der Waals surface area contributed by atoms with E-state index in [4.69, 9.17) is 0 Å². The average Bonchev–Trinajstić information content (AvgIpc) is 2.83. The van der Waals surface area contributed by atoms with Gasteiger partial charge in [0.2, 0.25) is 0 Å². The van der Waals surface area contributed by atoms with Crippen LogP contribution in [0, 0.1) is 0 Å². The van der Waals surface area contributed by atoms with Gasteiger partial charge >= 0.3 is 0 Å². The molecular weight excluding hydrogens is 218 g/mol. The zero-order chi connectivity index (χ0) is 11.2. The van der Waals surface area contributed by atoms with Crippen LogP contribution in [0.5, 0.6) is 0 Å². The van der Waals surface area contributed by atoms with Gasteiger partial charge < -0.3 is 5.32 Å². The normalized spacial score (nSPS) is 10.6. The van der Waals surface area contributed by atoms with Gasteiger partial charge in [0.1, 0.15) is 0 Å². The molecule has 2 aromatic rings. The topological polar surface area (TPSA) is 37.8 Å². The van der Waals surface area contributed by atoms with E-state index in [2.05, 4.69) is 22.2 Å². The minimum absolute atomic E-state index is 0.814. The minimum atomic E-state index is 0.814. The van der Waals surface area contributed by atoms with Gasteiger partial charge in [-0.3, -0.25) is 0 Å². The molecule has 0 spiro atoms. The van der Waals surface area contributed by atoms with Gasteiger partial charge in [-0.05, 0) is 30.5 Å². The maximum absolute atomic E-state index is 4.52. The first-order valence-electron chi connectivity index (χ1n) is 5.46. The Morgan fingerprint density at radius 1 is 1.38 bits per heavy atom. The first-order chi connectivity index (χ1) is 7.90. The van der Waals surface area contributed by atoms with Gasteiger partial charge in [-0.2, -0.15) is 0 Å². The van der Waals surface area contributed by atoms with Crippen molar-refractivity contribution in [2.45, 2.75) is 19.9 Å². The molecule has 0 saturated heterocycles. The second-order valence-corrected chi connectivity index (χ2v) is 4.47. The molecule has 2 rings (SSSR count). The van der Waals surface area contributed by atoms with Crippen LogP contribution in [0.15, 0.2) is 29.8 Å². The molecule has 0 aliphatic rings. The van der Waals surface area contributed by atoms with Crippen molar-refractivity contribution < 1.29 is 0 Å². The Morgan fingerprint density at radius 3 is 3.06 bits per heavy atom. The second kappa shape index (κ2) is 5.72. The fraction of sp³-hybridized carbons (Fsp3) is 0.333. The van der Waals surface area contributed by atoms with E-state index in [9.17, 15) is 0 Å². The van der Waals surface area contributed by atoms with Crippen molar-refractivity contribution in [2.24, 2.45) is 0 Å². The lowest BCUT2D eigenvalue weighted by Gasteiger charge is -2.03. The summed E-state index contributed by atoms with van der Waals surface area (Å²) in [5.74, 6) is 0.825. The quantitative estimate of drug-likeness (QED) is 0.807. The summed E-state index contributed by atoms with van der Waals surface area (Å²) in [6.45, 7) is 4.00. The monoisotopic (exact) mass is 233 g/mol. The summed E-state index contributed by atoms with van der Waals surface area (Å²) in [4.78, 5) is 9.93. The van der Waals surface area contributed by atoms with Crippen molar-refractivity contribution in [1.29, 1.82) is 0 Å². The highest BCUT2D eigenvalue weighted by molar-refractivity contribution is 7.13. The SMILES string of the molecule is CCCNCc1ccnc(-c2cccs2)n1. The zero-order valence-corrected chi connectivity index (χ0v) is 10.1. The predicted molar refractivity (Wildman–Crippen MR) is 67.3 cm³/mol. The highest BCUT2D eigenvalue weighted by atomic mass is 32.1. The molecule has 0 atom stereocenters. The highest BCUT2D eigenvalue weighted by Crippen LogP contribution is 2.20. The van der Waals surface area contributed by atoms with Crippen LogP contribution in [-0.2, 0) is 6.54 Å². The van der Waals surface area contributed by atoms with E-state index in [1.54, 1.807) is 11.3 Å². The van der Waals surface area contributed by atoms with Gasteiger partial charge in [0.25, 0.3) is 0 Å². The van der Waals surface area contributed by atoms with Crippen LogP contribution >= 0.6 is 11.3 Å². The van der Waals surface area contributed by atoms with E-state index >= 15 is 0 Å². The molecule has 0 aliphatic carbocycles. The van der Waals surface area contributed by atoms with Crippen LogP contribution in [0.1, 0.15) is 19.0 Å². The maximum Gasteiger partial charge on any atom is 0.169 e. The summed E-state index contributed by atoms with van der Waals surface area (Å²) in [6, 6.07) is 6.02. The molecule has 4 heteroatoms. The Hall–Kier alpha value is -1.26. The summed E-state index contributed by atoms with van der Waals surface area (Å²) in [6.07, 6.45) is 2.97. The number of rotatable bonds is 5. The van der Waals surface area contributed by atoms with Crippen molar-refractivity contribution in [1.82, 2.24) is 15.3 Å². The zero-order valence-electron chi connectivity index (χ0n) is 9.31. The van der Waals surface area contributed by atoms with Crippen molar-refractivity contribution in [3.05, 3.63) is 35.5 Å². The summed E-state index contributed by atoms with van der Waals surface area (Å²) in [5.41, 5.74) is 1.05. The van der Waals surface area contributed by atoms with E-state index in [1.165, 1.54) is 0 Å². The molecule has 84 valence electrons. The van der Waals surface area contributed by atoms with Gasteiger partial charge in [-0.15, -0.1) is 11.3 Å². The second-order valence-electron chi connectivity index (χ2n) is 3.53. The Labute approximate surface area is 99.6 Å². The lowest BCUT2D eigenvalue weighted by molar-refractivity contribution is 0.663. The van der Waals surface area contributed by atoms with Crippen LogP contribution in [-0.4, -0.2) is 16.5 Å². The molecule has 0 fully saturated rings. The standard InChI is InChI=1S/C12H15N3S/c1-2-6-13-9-10-5-7-14-12(15-10)11-4-3-8-16-11/h3-5,7-8,13H,2,6,9H2,1H3. The molecule has 0 aliphatic heterocycles. The van der Waals surface area contributed by atoms with Crippen LogP contribution in [0.2, 0.25) is 0 Å². The predicted octanol–water partition coefficient (Wildman–Crippen LogP) is 2.70. The molecule has 1 N–H and O–H groups in total. The average molecular weight is 233 g/mol. The van der Waals surface area contributed by atoms with Crippen LogP contribution < -0.4 is 5.32 Å². The Kier molecular flexibility index (Phi) is 4.02. The van der Waals surface area contributed by atoms with Crippen molar-refractivity contribution in [2.75, 3.05) is 6.54 Å². The van der Waals surface area contributed by atoms with Crippen molar-refractivity contribution >= 4 is 11.3 Å². The minimum Gasteiger partial charge on any atom is -0.311 e. The van der Waals surface area contributed by atoms with E-state index in [-0.39, 0.29) is 0 Å². The van der Waals surface area contributed by atoms with E-state index in [0.29, 0.717) is 0 Å². The smallest absolute Gasteiger partial charge is 0.169 e. The molecule has 0 radical (unpaired) electrons. The van der Waals surface area contributed by atoms with Gasteiger partial charge in [0, 0.05) is 12.7 Å². The van der Waals surface area contributed by atoms with E-state index < -0.39 is 0 Å². The summed E-state index contributed by atoms with van der Waals surface area (Å²) < 4.78 is 0. The molecule has 2 heterocycles. The number of nitrogens with zero attached hydrogens (tertiary/aromatic N) is 2.